The molecule has 3 rings (SSSR count). The van der Waals surface area contributed by atoms with Crippen LogP contribution in [-0.2, 0) is 17.8 Å². The summed E-state index contributed by atoms with van der Waals surface area (Å²) in [6.45, 7) is 1.48. The molecule has 0 aliphatic carbocycles. The highest BCUT2D eigenvalue weighted by molar-refractivity contribution is 5.73. The van der Waals surface area contributed by atoms with Crippen molar-refractivity contribution < 1.29 is 32.2 Å². The first-order chi connectivity index (χ1) is 12.3. The molecule has 0 saturated heterocycles. The Morgan fingerprint density at radius 3 is 2.27 bits per heavy atom. The van der Waals surface area contributed by atoms with Gasteiger partial charge in [-0.15, -0.1) is 0 Å². The number of carboxylic acid groups (broad SMARTS) is 1. The van der Waals surface area contributed by atoms with E-state index in [1.54, 1.807) is 12.1 Å². The first-order valence-corrected chi connectivity index (χ1v) is 7.74. The second-order valence-electron chi connectivity index (χ2n) is 5.62. The Hall–Kier alpha value is -2.61. The van der Waals surface area contributed by atoms with Crippen LogP contribution in [0.3, 0.4) is 0 Å². The summed E-state index contributed by atoms with van der Waals surface area (Å²) in [6.07, 6.45) is -4.11. The molecule has 1 atom stereocenters. The van der Waals surface area contributed by atoms with Crippen LogP contribution in [0.15, 0.2) is 48.5 Å². The molecule has 0 saturated carbocycles. The average molecular weight is 371 g/mol. The van der Waals surface area contributed by atoms with Crippen LogP contribution >= 0.6 is 0 Å². The van der Waals surface area contributed by atoms with E-state index in [4.69, 9.17) is 14.6 Å². The zero-order valence-corrected chi connectivity index (χ0v) is 13.6. The molecule has 1 aliphatic heterocycles. The molecule has 2 N–H and O–H groups in total. The average Bonchev–Trinajstić information content (AvgIpc) is 2.61. The molecule has 0 fully saturated rings. The lowest BCUT2D eigenvalue weighted by atomic mass is 9.96. The van der Waals surface area contributed by atoms with Gasteiger partial charge in [-0.3, -0.25) is 0 Å². The van der Waals surface area contributed by atoms with Gasteiger partial charge in [0.25, 0.3) is 0 Å². The smallest absolute Gasteiger partial charge is 0.490 e. The molecule has 0 aromatic heterocycles. The summed E-state index contributed by atoms with van der Waals surface area (Å²) in [5.41, 5.74) is 2.74. The van der Waals surface area contributed by atoms with Gasteiger partial charge in [-0.25, -0.2) is 9.18 Å². The quantitative estimate of drug-likeness (QED) is 0.811. The predicted molar refractivity (Wildman–Crippen MR) is 86.4 cm³/mol. The van der Waals surface area contributed by atoms with Crippen LogP contribution in [-0.4, -0.2) is 29.9 Å². The molecule has 2 aromatic rings. The number of fused-ring (bicyclic) bond motifs is 1. The highest BCUT2D eigenvalue weighted by atomic mass is 19.4. The van der Waals surface area contributed by atoms with Crippen LogP contribution in [0.2, 0.25) is 0 Å². The minimum atomic E-state index is -5.08. The molecule has 0 bridgehead atoms. The highest BCUT2D eigenvalue weighted by Gasteiger charge is 2.38. The summed E-state index contributed by atoms with van der Waals surface area (Å²) < 4.78 is 50.2. The van der Waals surface area contributed by atoms with Crippen LogP contribution in [0, 0.1) is 5.82 Å². The Kier molecular flexibility index (Phi) is 6.57. The Morgan fingerprint density at radius 2 is 1.69 bits per heavy atom. The van der Waals surface area contributed by atoms with E-state index in [-0.39, 0.29) is 5.82 Å². The summed E-state index contributed by atoms with van der Waals surface area (Å²) in [6, 6.07) is 14.9. The Labute approximate surface area is 147 Å². The molecule has 0 amide bonds. The number of hydrogen-bond acceptors (Lipinski definition) is 3. The van der Waals surface area contributed by atoms with E-state index in [9.17, 15) is 17.6 Å². The fourth-order valence-electron chi connectivity index (χ4n) is 2.37. The molecule has 140 valence electrons. The van der Waals surface area contributed by atoms with Crippen molar-refractivity contribution in [3.63, 3.8) is 0 Å². The van der Waals surface area contributed by atoms with Gasteiger partial charge in [0.1, 0.15) is 18.2 Å². The summed E-state index contributed by atoms with van der Waals surface area (Å²) >= 11 is 0. The molecular formula is C18H17F4NO3. The normalized spacial score (nSPS) is 16.1. The van der Waals surface area contributed by atoms with Gasteiger partial charge < -0.3 is 15.2 Å². The molecule has 4 nitrogen and oxygen atoms in total. The van der Waals surface area contributed by atoms with Gasteiger partial charge in [0.2, 0.25) is 0 Å². The standard InChI is InChI=1S/C16H16FNO.C2HF3O2/c17-14-5-7-16(8-6-14)19-11-15-9-12-3-1-2-4-13(12)10-18-15;3-2(4,5)1(6)7/h1-8,15,18H,9-11H2;(H,6,7)/t15-;/m0./s1. The van der Waals surface area contributed by atoms with Crippen molar-refractivity contribution in [2.45, 2.75) is 25.2 Å². The van der Waals surface area contributed by atoms with E-state index in [0.717, 1.165) is 13.0 Å². The van der Waals surface area contributed by atoms with Crippen LogP contribution in [0.4, 0.5) is 17.6 Å². The molecule has 0 radical (unpaired) electrons. The highest BCUT2D eigenvalue weighted by Crippen LogP contribution is 2.18. The number of benzene rings is 2. The molecule has 2 aromatic carbocycles. The van der Waals surface area contributed by atoms with Crippen LogP contribution in [0.1, 0.15) is 11.1 Å². The maximum Gasteiger partial charge on any atom is 0.490 e. The third kappa shape index (κ3) is 6.03. The lowest BCUT2D eigenvalue weighted by Crippen LogP contribution is -2.39. The second kappa shape index (κ2) is 8.66. The number of ether oxygens (including phenoxy) is 1. The second-order valence-corrected chi connectivity index (χ2v) is 5.62. The number of aliphatic carboxylic acids is 1. The number of carboxylic acids is 1. The van der Waals surface area contributed by atoms with Gasteiger partial charge in [-0.05, 0) is 41.8 Å². The lowest BCUT2D eigenvalue weighted by molar-refractivity contribution is -0.192. The van der Waals surface area contributed by atoms with Crippen LogP contribution in [0.5, 0.6) is 5.75 Å². The Balaban J connectivity index is 0.000000298. The lowest BCUT2D eigenvalue weighted by Gasteiger charge is -2.26. The van der Waals surface area contributed by atoms with Gasteiger partial charge in [0, 0.05) is 12.6 Å². The minimum absolute atomic E-state index is 0.239. The van der Waals surface area contributed by atoms with Crippen LogP contribution < -0.4 is 10.1 Å². The summed E-state index contributed by atoms with van der Waals surface area (Å²) in [5, 5.41) is 10.6. The molecule has 0 spiro atoms. The van der Waals surface area contributed by atoms with Gasteiger partial charge in [0.15, 0.2) is 0 Å². The van der Waals surface area contributed by atoms with Crippen molar-refractivity contribution in [2.75, 3.05) is 6.61 Å². The fourth-order valence-corrected chi connectivity index (χ4v) is 2.37. The van der Waals surface area contributed by atoms with E-state index in [1.165, 1.54) is 23.3 Å². The fraction of sp³-hybridized carbons (Fsp3) is 0.278. The molecule has 26 heavy (non-hydrogen) atoms. The number of hydrogen-bond donors (Lipinski definition) is 2. The minimum Gasteiger partial charge on any atom is -0.492 e. The van der Waals surface area contributed by atoms with E-state index in [0.29, 0.717) is 18.4 Å². The molecule has 1 aliphatic rings. The number of rotatable bonds is 3. The third-order valence-corrected chi connectivity index (χ3v) is 3.67. The summed E-state index contributed by atoms with van der Waals surface area (Å²) in [5.74, 6) is -2.29. The largest absolute Gasteiger partial charge is 0.492 e. The van der Waals surface area contributed by atoms with E-state index < -0.39 is 12.1 Å². The van der Waals surface area contributed by atoms with Gasteiger partial charge >= 0.3 is 12.1 Å². The molecule has 0 unspecified atom stereocenters. The number of alkyl halides is 3. The van der Waals surface area contributed by atoms with Crippen molar-refractivity contribution in [3.8, 4) is 5.75 Å². The Morgan fingerprint density at radius 1 is 1.12 bits per heavy atom. The monoisotopic (exact) mass is 371 g/mol. The van der Waals surface area contributed by atoms with E-state index in [1.807, 2.05) is 0 Å². The zero-order valence-electron chi connectivity index (χ0n) is 13.6. The van der Waals surface area contributed by atoms with Crippen molar-refractivity contribution >= 4 is 5.97 Å². The number of nitrogens with one attached hydrogen (secondary N) is 1. The molecule has 8 heteroatoms. The van der Waals surface area contributed by atoms with Gasteiger partial charge in [-0.2, -0.15) is 13.2 Å². The molecule has 1 heterocycles. The zero-order chi connectivity index (χ0) is 19.2. The summed E-state index contributed by atoms with van der Waals surface area (Å²) in [7, 11) is 0. The first-order valence-electron chi connectivity index (χ1n) is 7.74. The molecular weight excluding hydrogens is 354 g/mol. The Bertz CT molecular complexity index is 732. The number of carbonyl (C=O) groups is 1. The topological polar surface area (TPSA) is 58.6 Å². The maximum atomic E-state index is 12.8. The van der Waals surface area contributed by atoms with Crippen molar-refractivity contribution in [1.29, 1.82) is 0 Å². The van der Waals surface area contributed by atoms with Crippen molar-refractivity contribution in [1.82, 2.24) is 5.32 Å². The van der Waals surface area contributed by atoms with Crippen molar-refractivity contribution in [2.24, 2.45) is 0 Å². The van der Waals surface area contributed by atoms with Gasteiger partial charge in [-0.1, -0.05) is 24.3 Å². The maximum absolute atomic E-state index is 12.8. The first kappa shape index (κ1) is 19.7. The third-order valence-electron chi connectivity index (χ3n) is 3.67. The SMILES string of the molecule is Fc1ccc(OC[C@@H]2Cc3ccccc3CN2)cc1.O=C(O)C(F)(F)F. The van der Waals surface area contributed by atoms with Crippen molar-refractivity contribution in [3.05, 3.63) is 65.5 Å². The van der Waals surface area contributed by atoms with Gasteiger partial charge in [0.05, 0.1) is 0 Å². The summed E-state index contributed by atoms with van der Waals surface area (Å²) in [4.78, 5) is 8.90. The van der Waals surface area contributed by atoms with Crippen LogP contribution in [0.25, 0.3) is 0 Å². The number of halogens is 4. The van der Waals surface area contributed by atoms with E-state index in [2.05, 4.69) is 29.6 Å². The van der Waals surface area contributed by atoms with E-state index >= 15 is 0 Å². The predicted octanol–water partition coefficient (Wildman–Crippen LogP) is 3.55.